The number of pyridine rings is 1. The number of nitrogens with one attached hydrogen (secondary N) is 1. The van der Waals surface area contributed by atoms with E-state index in [1.807, 2.05) is 22.2 Å². The summed E-state index contributed by atoms with van der Waals surface area (Å²) >= 11 is 1.47. The largest absolute Gasteiger partial charge is 0.511 e. The van der Waals surface area contributed by atoms with Gasteiger partial charge in [0.15, 0.2) is 5.75 Å². The number of rotatable bonds is 3. The van der Waals surface area contributed by atoms with Gasteiger partial charge in [-0.05, 0) is 19.1 Å². The van der Waals surface area contributed by atoms with Gasteiger partial charge in [0.1, 0.15) is 0 Å². The van der Waals surface area contributed by atoms with Crippen molar-refractivity contribution in [3.05, 3.63) is 52.3 Å². The van der Waals surface area contributed by atoms with Crippen LogP contribution < -0.4 is 10.3 Å². The van der Waals surface area contributed by atoms with Gasteiger partial charge in [-0.25, -0.2) is 9.78 Å². The third kappa shape index (κ3) is 3.43. The summed E-state index contributed by atoms with van der Waals surface area (Å²) in [4.78, 5) is 29.8. The number of nitrogens with zero attached hydrogens (tertiary/aromatic N) is 2. The van der Waals surface area contributed by atoms with Crippen molar-refractivity contribution in [3.8, 4) is 21.9 Å². The highest BCUT2D eigenvalue weighted by molar-refractivity contribution is 7.13. The Labute approximate surface area is 140 Å². The molecule has 0 bridgehead atoms. The Balaban J connectivity index is 0.00000192. The van der Waals surface area contributed by atoms with E-state index in [0.29, 0.717) is 11.3 Å². The topological polar surface area (TPSA) is 97.2 Å². The van der Waals surface area contributed by atoms with Crippen molar-refractivity contribution in [3.63, 3.8) is 0 Å². The predicted octanol–water partition coefficient (Wildman–Crippen LogP) is 3.08. The molecule has 0 radical (unpaired) electrons. The van der Waals surface area contributed by atoms with E-state index < -0.39 is 11.7 Å². The van der Waals surface area contributed by atoms with Crippen LogP contribution in [0.5, 0.6) is 5.75 Å². The highest BCUT2D eigenvalue weighted by atomic mass is 35.5. The minimum atomic E-state index is -1.52. The summed E-state index contributed by atoms with van der Waals surface area (Å²) in [5.74, 6) is -0.245. The monoisotopic (exact) mass is 353 g/mol. The molecule has 3 aromatic heterocycles. The minimum Gasteiger partial charge on any atom is -0.449 e. The van der Waals surface area contributed by atoms with Gasteiger partial charge in [0.25, 0.3) is 5.56 Å². The molecule has 0 fully saturated rings. The second-order valence-electron chi connectivity index (χ2n) is 4.51. The number of carbonyl (C=O) groups is 1. The Morgan fingerprint density at radius 3 is 2.87 bits per heavy atom. The van der Waals surface area contributed by atoms with Gasteiger partial charge in [0.05, 0.1) is 12.0 Å². The van der Waals surface area contributed by atoms with Crippen LogP contribution in [-0.4, -0.2) is 25.8 Å². The van der Waals surface area contributed by atoms with Crippen LogP contribution >= 0.6 is 23.7 Å². The maximum absolute atomic E-state index is 11.7. The van der Waals surface area contributed by atoms with Crippen LogP contribution in [0.25, 0.3) is 16.1 Å². The van der Waals surface area contributed by atoms with E-state index in [-0.39, 0.29) is 18.2 Å². The number of aromatic nitrogens is 3. The summed E-state index contributed by atoms with van der Waals surface area (Å²) < 4.78 is 6.36. The molecule has 0 aliphatic heterocycles. The van der Waals surface area contributed by atoms with Gasteiger partial charge < -0.3 is 19.4 Å². The molecule has 2 N–H and O–H groups in total. The third-order valence-corrected chi connectivity index (χ3v) is 4.01. The van der Waals surface area contributed by atoms with Crippen LogP contribution in [-0.2, 0) is 0 Å². The first-order valence-corrected chi connectivity index (χ1v) is 7.14. The zero-order valence-electron chi connectivity index (χ0n) is 11.8. The smallest absolute Gasteiger partial charge is 0.449 e. The molecule has 0 spiro atoms. The van der Waals surface area contributed by atoms with Crippen molar-refractivity contribution in [2.24, 2.45) is 0 Å². The third-order valence-electron chi connectivity index (χ3n) is 3.06. The molecule has 7 nitrogen and oxygen atoms in total. The molecule has 23 heavy (non-hydrogen) atoms. The van der Waals surface area contributed by atoms with Crippen LogP contribution in [0.4, 0.5) is 4.79 Å². The standard InChI is InChI=1S/C14H11N3O4S.ClH/c1-8-10(5-11(13(18)16-8)21-14(19)20)12-4-9(6-22-12)17-3-2-15-7-17;/h2-7H,1H3,(H,16,18)(H,19,20);1H. The first kappa shape index (κ1) is 16.8. The summed E-state index contributed by atoms with van der Waals surface area (Å²) in [7, 11) is 0. The fraction of sp³-hybridized carbons (Fsp3) is 0.0714. The van der Waals surface area contributed by atoms with Crippen molar-refractivity contribution in [2.75, 3.05) is 0 Å². The molecular formula is C14H12ClN3O4S. The van der Waals surface area contributed by atoms with Gasteiger partial charge in [-0.2, -0.15) is 0 Å². The number of imidazole rings is 1. The van der Waals surface area contributed by atoms with E-state index in [4.69, 9.17) is 5.11 Å². The number of hydrogen-bond acceptors (Lipinski definition) is 5. The maximum Gasteiger partial charge on any atom is 0.511 e. The van der Waals surface area contributed by atoms with Crippen LogP contribution in [0.15, 0.2) is 41.0 Å². The summed E-state index contributed by atoms with van der Waals surface area (Å²) in [5, 5.41) is 10.6. The van der Waals surface area contributed by atoms with E-state index in [2.05, 4.69) is 14.7 Å². The molecule has 0 unspecified atom stereocenters. The summed E-state index contributed by atoms with van der Waals surface area (Å²) in [6.07, 6.45) is 3.67. The van der Waals surface area contributed by atoms with E-state index in [9.17, 15) is 9.59 Å². The van der Waals surface area contributed by atoms with E-state index in [0.717, 1.165) is 10.6 Å². The van der Waals surface area contributed by atoms with Crippen molar-refractivity contribution in [2.45, 2.75) is 6.92 Å². The molecular weight excluding hydrogens is 342 g/mol. The maximum atomic E-state index is 11.7. The van der Waals surface area contributed by atoms with E-state index in [1.54, 1.807) is 19.4 Å². The molecule has 3 aromatic rings. The van der Waals surface area contributed by atoms with Gasteiger partial charge in [-0.15, -0.1) is 23.7 Å². The first-order chi connectivity index (χ1) is 10.5. The molecule has 3 rings (SSSR count). The zero-order chi connectivity index (χ0) is 15.7. The van der Waals surface area contributed by atoms with Gasteiger partial charge >= 0.3 is 6.16 Å². The van der Waals surface area contributed by atoms with Gasteiger partial charge in [-0.3, -0.25) is 4.79 Å². The second-order valence-corrected chi connectivity index (χ2v) is 5.42. The number of ether oxygens (including phenoxy) is 1. The second kappa shape index (κ2) is 6.67. The Kier molecular flexibility index (Phi) is 4.87. The summed E-state index contributed by atoms with van der Waals surface area (Å²) in [6.45, 7) is 1.75. The summed E-state index contributed by atoms with van der Waals surface area (Å²) in [5.41, 5.74) is 1.72. The lowest BCUT2D eigenvalue weighted by Crippen LogP contribution is -2.15. The van der Waals surface area contributed by atoms with E-state index >= 15 is 0 Å². The normalized spacial score (nSPS) is 10.1. The number of hydrogen-bond donors (Lipinski definition) is 2. The minimum absolute atomic E-state index is 0. The molecule has 0 saturated carbocycles. The molecule has 0 amide bonds. The highest BCUT2D eigenvalue weighted by Gasteiger charge is 2.13. The Morgan fingerprint density at radius 1 is 1.43 bits per heavy atom. The Morgan fingerprint density at radius 2 is 2.22 bits per heavy atom. The Bertz CT molecular complexity index is 886. The molecule has 0 aromatic carbocycles. The lowest BCUT2D eigenvalue weighted by Gasteiger charge is -2.06. The lowest BCUT2D eigenvalue weighted by molar-refractivity contribution is 0.144. The van der Waals surface area contributed by atoms with Crippen LogP contribution in [0.1, 0.15) is 5.69 Å². The fourth-order valence-electron chi connectivity index (χ4n) is 2.04. The number of thiophene rings is 1. The van der Waals surface area contributed by atoms with E-state index in [1.165, 1.54) is 17.4 Å². The van der Waals surface area contributed by atoms with Gasteiger partial charge in [-0.1, -0.05) is 0 Å². The molecule has 3 heterocycles. The molecule has 120 valence electrons. The number of aryl methyl sites for hydroxylation is 1. The molecule has 0 aliphatic carbocycles. The number of carboxylic acid groups (broad SMARTS) is 1. The number of aromatic amines is 1. The number of H-pyrrole nitrogens is 1. The first-order valence-electron chi connectivity index (χ1n) is 6.26. The Hall–Kier alpha value is -2.58. The zero-order valence-corrected chi connectivity index (χ0v) is 13.5. The van der Waals surface area contributed by atoms with Crippen molar-refractivity contribution < 1.29 is 14.6 Å². The van der Waals surface area contributed by atoms with Crippen LogP contribution in [0.3, 0.4) is 0 Å². The summed E-state index contributed by atoms with van der Waals surface area (Å²) in [6, 6.07) is 3.36. The van der Waals surface area contributed by atoms with Crippen LogP contribution in [0, 0.1) is 6.92 Å². The van der Waals surface area contributed by atoms with Gasteiger partial charge in [0, 0.05) is 33.9 Å². The number of halogens is 1. The van der Waals surface area contributed by atoms with Crippen molar-refractivity contribution >= 4 is 29.9 Å². The van der Waals surface area contributed by atoms with Crippen molar-refractivity contribution in [1.82, 2.24) is 14.5 Å². The average Bonchev–Trinajstić information content (AvgIpc) is 3.11. The van der Waals surface area contributed by atoms with Crippen LogP contribution in [0.2, 0.25) is 0 Å². The average molecular weight is 354 g/mol. The van der Waals surface area contributed by atoms with Crippen molar-refractivity contribution in [1.29, 1.82) is 0 Å². The lowest BCUT2D eigenvalue weighted by atomic mass is 10.1. The fourth-order valence-corrected chi connectivity index (χ4v) is 3.01. The quantitative estimate of drug-likeness (QED) is 0.705. The van der Waals surface area contributed by atoms with Gasteiger partial charge in [0.2, 0.25) is 0 Å². The molecule has 0 aliphatic rings. The highest BCUT2D eigenvalue weighted by Crippen LogP contribution is 2.31. The SMILES string of the molecule is Cc1[nH]c(=O)c(OC(=O)O)cc1-c1cc(-n2ccnc2)cs1.Cl. The molecule has 0 atom stereocenters. The predicted molar refractivity (Wildman–Crippen MR) is 88.1 cm³/mol. The molecule has 0 saturated heterocycles. The molecule has 9 heteroatoms.